The van der Waals surface area contributed by atoms with Crippen molar-refractivity contribution >= 4 is 11.4 Å². The molecule has 0 saturated heterocycles. The lowest BCUT2D eigenvalue weighted by atomic mass is 10.1. The average molecular weight is 274 g/mol. The van der Waals surface area contributed by atoms with Crippen LogP contribution in [0.4, 0.5) is 15.8 Å². The number of aryl methyl sites for hydroxylation is 2. The number of ether oxygens (including phenoxy) is 1. The summed E-state index contributed by atoms with van der Waals surface area (Å²) < 4.78 is 18.7. The quantitative estimate of drug-likeness (QED) is 0.837. The Kier molecular flexibility index (Phi) is 4.13. The van der Waals surface area contributed by atoms with Gasteiger partial charge in [-0.1, -0.05) is 12.1 Å². The summed E-state index contributed by atoms with van der Waals surface area (Å²) in [6, 6.07) is 9.23. The molecule has 3 nitrogen and oxygen atoms in total. The minimum atomic E-state index is -0.136. The Balaban J connectivity index is 2.13. The van der Waals surface area contributed by atoms with E-state index in [2.05, 4.69) is 5.32 Å². The third-order valence-corrected chi connectivity index (χ3v) is 3.23. The molecule has 4 heteroatoms. The number of hydrogen-bond donors (Lipinski definition) is 2. The van der Waals surface area contributed by atoms with Gasteiger partial charge in [-0.25, -0.2) is 4.39 Å². The van der Waals surface area contributed by atoms with E-state index in [1.54, 1.807) is 27.0 Å². The second-order valence-corrected chi connectivity index (χ2v) is 4.85. The number of nitrogens with two attached hydrogens (primary N) is 1. The number of rotatable bonds is 4. The van der Waals surface area contributed by atoms with Crippen LogP contribution in [0.15, 0.2) is 30.3 Å². The Hall–Kier alpha value is -2.23. The van der Waals surface area contributed by atoms with Crippen LogP contribution in [-0.2, 0) is 6.54 Å². The average Bonchev–Trinajstić information content (AvgIpc) is 2.43. The van der Waals surface area contributed by atoms with E-state index < -0.39 is 0 Å². The highest BCUT2D eigenvalue weighted by atomic mass is 19.1. The molecule has 2 aromatic rings. The van der Waals surface area contributed by atoms with Crippen LogP contribution in [0, 0.1) is 19.7 Å². The fraction of sp³-hybridized carbons (Fsp3) is 0.250. The third kappa shape index (κ3) is 3.02. The van der Waals surface area contributed by atoms with Gasteiger partial charge in [-0.3, -0.25) is 0 Å². The molecule has 0 aliphatic rings. The van der Waals surface area contributed by atoms with Crippen LogP contribution in [0.1, 0.15) is 16.7 Å². The molecule has 0 aliphatic carbocycles. The molecule has 0 fully saturated rings. The molecule has 3 N–H and O–H groups in total. The van der Waals surface area contributed by atoms with E-state index in [9.17, 15) is 4.39 Å². The first-order chi connectivity index (χ1) is 9.51. The molecule has 0 amide bonds. The highest BCUT2D eigenvalue weighted by Crippen LogP contribution is 2.25. The van der Waals surface area contributed by atoms with E-state index in [4.69, 9.17) is 10.5 Å². The topological polar surface area (TPSA) is 47.3 Å². The first kappa shape index (κ1) is 14.2. The molecule has 0 atom stereocenters. The van der Waals surface area contributed by atoms with Crippen LogP contribution in [-0.4, -0.2) is 7.11 Å². The van der Waals surface area contributed by atoms with Crippen molar-refractivity contribution in [1.82, 2.24) is 0 Å². The molecular formula is C16H19FN2O. The zero-order chi connectivity index (χ0) is 14.7. The summed E-state index contributed by atoms with van der Waals surface area (Å²) in [5.74, 6) is 0.504. The molecule has 0 heterocycles. The van der Waals surface area contributed by atoms with Crippen molar-refractivity contribution in [3.05, 3.63) is 52.8 Å². The predicted molar refractivity (Wildman–Crippen MR) is 80.6 cm³/mol. The van der Waals surface area contributed by atoms with E-state index in [0.717, 1.165) is 11.3 Å². The Morgan fingerprint density at radius 3 is 2.40 bits per heavy atom. The van der Waals surface area contributed by atoms with Crippen molar-refractivity contribution in [1.29, 1.82) is 0 Å². The number of nitrogens with one attached hydrogen (secondary N) is 1. The summed E-state index contributed by atoms with van der Waals surface area (Å²) >= 11 is 0. The van der Waals surface area contributed by atoms with Crippen molar-refractivity contribution in [3.8, 4) is 5.75 Å². The first-order valence-electron chi connectivity index (χ1n) is 6.44. The van der Waals surface area contributed by atoms with Crippen LogP contribution >= 0.6 is 0 Å². The van der Waals surface area contributed by atoms with Crippen LogP contribution in [0.5, 0.6) is 5.75 Å². The molecule has 0 radical (unpaired) electrons. The van der Waals surface area contributed by atoms with Gasteiger partial charge in [-0.2, -0.15) is 0 Å². The maximum absolute atomic E-state index is 13.6. The molecule has 0 spiro atoms. The van der Waals surface area contributed by atoms with Crippen LogP contribution < -0.4 is 15.8 Å². The number of halogens is 1. The molecular weight excluding hydrogens is 255 g/mol. The molecule has 2 rings (SSSR count). The smallest absolute Gasteiger partial charge is 0.143 e. The normalized spacial score (nSPS) is 10.4. The van der Waals surface area contributed by atoms with Gasteiger partial charge in [0.15, 0.2) is 0 Å². The van der Waals surface area contributed by atoms with Gasteiger partial charge >= 0.3 is 0 Å². The molecule has 0 saturated carbocycles. The van der Waals surface area contributed by atoms with Gasteiger partial charge in [0.25, 0.3) is 0 Å². The minimum Gasteiger partial charge on any atom is -0.495 e. The summed E-state index contributed by atoms with van der Waals surface area (Å²) in [5, 5.41) is 3.28. The molecule has 106 valence electrons. The van der Waals surface area contributed by atoms with Gasteiger partial charge < -0.3 is 15.8 Å². The fourth-order valence-electron chi connectivity index (χ4n) is 2.16. The molecule has 0 aromatic heterocycles. The number of hydrogen-bond acceptors (Lipinski definition) is 3. The molecule has 0 bridgehead atoms. The maximum Gasteiger partial charge on any atom is 0.143 e. The standard InChI is InChI=1S/C16H19FN2O/c1-10-6-12(7-11(2)16(10)17)9-19-13-4-5-14(18)15(8-13)20-3/h4-8,19H,9,18H2,1-3H3. The Bertz CT molecular complexity index is 603. The van der Waals surface area contributed by atoms with Crippen molar-refractivity contribution in [2.45, 2.75) is 20.4 Å². The van der Waals surface area contributed by atoms with Gasteiger partial charge in [0.05, 0.1) is 12.8 Å². The summed E-state index contributed by atoms with van der Waals surface area (Å²) in [6.07, 6.45) is 0. The lowest BCUT2D eigenvalue weighted by Crippen LogP contribution is -2.02. The predicted octanol–water partition coefficient (Wildman–Crippen LogP) is 3.65. The van der Waals surface area contributed by atoms with E-state index in [-0.39, 0.29) is 5.82 Å². The summed E-state index contributed by atoms with van der Waals surface area (Å²) in [7, 11) is 1.59. The number of benzene rings is 2. The zero-order valence-electron chi connectivity index (χ0n) is 12.0. The first-order valence-corrected chi connectivity index (χ1v) is 6.44. The van der Waals surface area contributed by atoms with E-state index in [0.29, 0.717) is 29.1 Å². The molecule has 20 heavy (non-hydrogen) atoms. The third-order valence-electron chi connectivity index (χ3n) is 3.23. The van der Waals surface area contributed by atoms with Gasteiger partial charge in [-0.15, -0.1) is 0 Å². The van der Waals surface area contributed by atoms with E-state index in [1.807, 2.05) is 24.3 Å². The van der Waals surface area contributed by atoms with Crippen molar-refractivity contribution in [2.24, 2.45) is 0 Å². The molecule has 0 aliphatic heterocycles. The van der Waals surface area contributed by atoms with E-state index in [1.165, 1.54) is 0 Å². The number of nitrogen functional groups attached to an aromatic ring is 1. The second-order valence-electron chi connectivity index (χ2n) is 4.85. The van der Waals surface area contributed by atoms with Gasteiger partial charge in [0.2, 0.25) is 0 Å². The Morgan fingerprint density at radius 2 is 1.80 bits per heavy atom. The van der Waals surface area contributed by atoms with Crippen LogP contribution in [0.2, 0.25) is 0 Å². The van der Waals surface area contributed by atoms with Gasteiger partial charge in [-0.05, 0) is 42.7 Å². The summed E-state index contributed by atoms with van der Waals surface area (Å²) in [5.41, 5.74) is 9.65. The van der Waals surface area contributed by atoms with Crippen molar-refractivity contribution < 1.29 is 9.13 Å². The van der Waals surface area contributed by atoms with Crippen molar-refractivity contribution in [3.63, 3.8) is 0 Å². The van der Waals surface area contributed by atoms with Gasteiger partial charge in [0, 0.05) is 18.3 Å². The molecule has 2 aromatic carbocycles. The van der Waals surface area contributed by atoms with Crippen LogP contribution in [0.25, 0.3) is 0 Å². The lowest BCUT2D eigenvalue weighted by Gasteiger charge is -2.11. The Morgan fingerprint density at radius 1 is 1.15 bits per heavy atom. The summed E-state index contributed by atoms with van der Waals surface area (Å²) in [4.78, 5) is 0. The second kappa shape index (κ2) is 5.82. The number of anilines is 2. The maximum atomic E-state index is 13.6. The lowest BCUT2D eigenvalue weighted by molar-refractivity contribution is 0.417. The van der Waals surface area contributed by atoms with E-state index >= 15 is 0 Å². The SMILES string of the molecule is COc1cc(NCc2cc(C)c(F)c(C)c2)ccc1N. The fourth-order valence-corrected chi connectivity index (χ4v) is 2.16. The van der Waals surface area contributed by atoms with Gasteiger partial charge in [0.1, 0.15) is 11.6 Å². The van der Waals surface area contributed by atoms with Crippen molar-refractivity contribution in [2.75, 3.05) is 18.2 Å². The zero-order valence-corrected chi connectivity index (χ0v) is 12.0. The Labute approximate surface area is 118 Å². The summed E-state index contributed by atoms with van der Waals surface area (Å²) in [6.45, 7) is 4.17. The molecule has 0 unspecified atom stereocenters. The van der Waals surface area contributed by atoms with Crippen LogP contribution in [0.3, 0.4) is 0 Å². The highest BCUT2D eigenvalue weighted by Gasteiger charge is 2.05. The minimum absolute atomic E-state index is 0.136. The monoisotopic (exact) mass is 274 g/mol. The largest absolute Gasteiger partial charge is 0.495 e. The number of methoxy groups -OCH3 is 1. The highest BCUT2D eigenvalue weighted by molar-refractivity contribution is 5.61.